The van der Waals surface area contributed by atoms with E-state index in [0.717, 1.165) is 10.5 Å². The lowest BCUT2D eigenvalue weighted by molar-refractivity contribution is -0.140. The van der Waals surface area contributed by atoms with Crippen molar-refractivity contribution in [2.24, 2.45) is 17.8 Å². The first-order valence-corrected chi connectivity index (χ1v) is 13.1. The highest BCUT2D eigenvalue weighted by molar-refractivity contribution is 7.09. The van der Waals surface area contributed by atoms with Crippen molar-refractivity contribution in [3.05, 3.63) is 80.6 Å². The van der Waals surface area contributed by atoms with E-state index in [1.54, 1.807) is 25.1 Å². The van der Waals surface area contributed by atoms with Gasteiger partial charge in [0.15, 0.2) is 23.1 Å². The zero-order valence-corrected chi connectivity index (χ0v) is 21.2. The van der Waals surface area contributed by atoms with Crippen LogP contribution in [0.2, 0.25) is 0 Å². The van der Waals surface area contributed by atoms with Crippen molar-refractivity contribution in [3.8, 4) is 11.5 Å². The van der Waals surface area contributed by atoms with Crippen LogP contribution in [0, 0.1) is 17.8 Å². The van der Waals surface area contributed by atoms with Crippen LogP contribution in [-0.2, 0) is 25.7 Å². The van der Waals surface area contributed by atoms with Gasteiger partial charge in [-0.05, 0) is 60.9 Å². The number of aromatic hydroxyl groups is 1. The minimum absolute atomic E-state index is 0.0749. The van der Waals surface area contributed by atoms with Gasteiger partial charge in [-0.15, -0.1) is 11.3 Å². The Bertz CT molecular complexity index is 1460. The van der Waals surface area contributed by atoms with Crippen LogP contribution in [0.15, 0.2) is 70.2 Å². The van der Waals surface area contributed by atoms with Crippen molar-refractivity contribution in [2.75, 3.05) is 7.11 Å². The predicted molar refractivity (Wildman–Crippen MR) is 136 cm³/mol. The molecule has 2 amide bonds. The SMILES string of the molecule is COc1ccc(C2C3=CCC4C(=O)N(Cc5cccs5)C(=O)C4C3CC3=C2C(=O)C=C(C)C3=O)cc1O. The Balaban J connectivity index is 1.46. The van der Waals surface area contributed by atoms with Gasteiger partial charge < -0.3 is 9.84 Å². The zero-order valence-electron chi connectivity index (χ0n) is 20.4. The van der Waals surface area contributed by atoms with Crippen LogP contribution in [0.25, 0.3) is 0 Å². The molecule has 2 heterocycles. The number of rotatable bonds is 4. The summed E-state index contributed by atoms with van der Waals surface area (Å²) in [6.45, 7) is 1.87. The third-order valence-electron chi connectivity index (χ3n) is 8.08. The summed E-state index contributed by atoms with van der Waals surface area (Å²) in [5.74, 6) is -2.68. The molecule has 0 bridgehead atoms. The second-order valence-electron chi connectivity index (χ2n) is 10.0. The molecule has 8 heteroatoms. The van der Waals surface area contributed by atoms with Gasteiger partial charge in [-0.25, -0.2) is 0 Å². The highest BCUT2D eigenvalue weighted by Gasteiger charge is 2.56. The van der Waals surface area contributed by atoms with Crippen molar-refractivity contribution >= 4 is 34.7 Å². The number of carbonyl (C=O) groups excluding carboxylic acids is 4. The number of nitrogens with zero attached hydrogens (tertiary/aromatic N) is 1. The number of hydrogen-bond donors (Lipinski definition) is 1. The number of ether oxygens (including phenoxy) is 1. The molecule has 6 rings (SSSR count). The number of methoxy groups -OCH3 is 1. The summed E-state index contributed by atoms with van der Waals surface area (Å²) in [5.41, 5.74) is 2.67. The number of fused-ring (bicyclic) bond motifs is 3. The Kier molecular flexibility index (Phi) is 5.53. The van der Waals surface area contributed by atoms with Gasteiger partial charge in [0, 0.05) is 27.5 Å². The number of amides is 2. The van der Waals surface area contributed by atoms with Crippen LogP contribution in [-0.4, -0.2) is 40.5 Å². The first-order valence-electron chi connectivity index (χ1n) is 12.2. The number of thiophene rings is 1. The Morgan fingerprint density at radius 1 is 1.11 bits per heavy atom. The smallest absolute Gasteiger partial charge is 0.234 e. The van der Waals surface area contributed by atoms with E-state index >= 15 is 0 Å². The van der Waals surface area contributed by atoms with Gasteiger partial charge in [-0.2, -0.15) is 0 Å². The molecule has 4 atom stereocenters. The van der Waals surface area contributed by atoms with Crippen molar-refractivity contribution < 1.29 is 29.0 Å². The lowest BCUT2D eigenvalue weighted by Crippen LogP contribution is -2.39. The zero-order chi connectivity index (χ0) is 26.0. The largest absolute Gasteiger partial charge is 0.504 e. The van der Waals surface area contributed by atoms with E-state index in [1.165, 1.54) is 29.4 Å². The first-order chi connectivity index (χ1) is 17.8. The Morgan fingerprint density at radius 2 is 1.92 bits per heavy atom. The van der Waals surface area contributed by atoms with Gasteiger partial charge >= 0.3 is 0 Å². The molecule has 4 unspecified atom stereocenters. The molecule has 1 saturated heterocycles. The lowest BCUT2D eigenvalue weighted by atomic mass is 9.59. The van der Waals surface area contributed by atoms with E-state index in [9.17, 15) is 24.3 Å². The average Bonchev–Trinajstić information content (AvgIpc) is 3.49. The molecule has 1 fully saturated rings. The van der Waals surface area contributed by atoms with Crippen molar-refractivity contribution in [3.63, 3.8) is 0 Å². The highest BCUT2D eigenvalue weighted by Crippen LogP contribution is 2.55. The average molecular weight is 516 g/mol. The molecular weight excluding hydrogens is 490 g/mol. The third kappa shape index (κ3) is 3.54. The number of hydrogen-bond acceptors (Lipinski definition) is 7. The second kappa shape index (κ2) is 8.66. The molecular formula is C29H25NO6S. The Morgan fingerprint density at radius 3 is 2.62 bits per heavy atom. The number of allylic oxidation sites excluding steroid dienone is 6. The summed E-state index contributed by atoms with van der Waals surface area (Å²) in [6.07, 6.45) is 3.98. The Hall–Kier alpha value is -3.78. The minimum atomic E-state index is -0.596. The van der Waals surface area contributed by atoms with Gasteiger partial charge in [0.25, 0.3) is 0 Å². The quantitative estimate of drug-likeness (QED) is 0.374. The van der Waals surface area contributed by atoms with Crippen molar-refractivity contribution in [1.29, 1.82) is 0 Å². The van der Waals surface area contributed by atoms with E-state index < -0.39 is 17.8 Å². The lowest BCUT2D eigenvalue weighted by Gasteiger charge is -2.42. The van der Waals surface area contributed by atoms with E-state index in [2.05, 4.69) is 0 Å². The van der Waals surface area contributed by atoms with E-state index in [1.807, 2.05) is 23.6 Å². The van der Waals surface area contributed by atoms with Crippen LogP contribution in [0.4, 0.5) is 0 Å². The standard InChI is InChI=1S/C29H25NO6S/c1-14-10-22(32)26-20(27(14)33)12-19-17(24(26)15-5-8-23(36-2)21(31)11-15)6-7-18-25(19)29(35)30(28(18)34)13-16-4-3-9-37-16/h3-6,8-11,18-19,24-25,31H,7,12-13H2,1-2H3. The molecule has 188 valence electrons. The normalized spacial score (nSPS) is 27.0. The fraction of sp³-hybridized carbons (Fsp3) is 0.310. The molecule has 1 aromatic carbocycles. The number of Topliss-reactive ketones (excluding diaryl/α,β-unsaturated/α-hetero) is 1. The van der Waals surface area contributed by atoms with Crippen LogP contribution >= 0.6 is 11.3 Å². The molecule has 0 radical (unpaired) electrons. The van der Waals surface area contributed by atoms with Crippen LogP contribution < -0.4 is 4.74 Å². The van der Waals surface area contributed by atoms with Gasteiger partial charge in [-0.1, -0.05) is 23.8 Å². The first kappa shape index (κ1) is 23.6. The molecule has 2 aromatic rings. The number of phenolic OH excluding ortho intramolecular Hbond substituents is 1. The molecule has 1 aromatic heterocycles. The number of imide groups is 1. The van der Waals surface area contributed by atoms with E-state index in [0.29, 0.717) is 34.5 Å². The fourth-order valence-electron chi connectivity index (χ4n) is 6.43. The summed E-state index contributed by atoms with van der Waals surface area (Å²) in [5, 5.41) is 12.4. The van der Waals surface area contributed by atoms with E-state index in [-0.39, 0.29) is 48.0 Å². The molecule has 1 aliphatic heterocycles. The van der Waals surface area contributed by atoms with Crippen LogP contribution in [0.3, 0.4) is 0 Å². The maximum atomic E-state index is 13.7. The van der Waals surface area contributed by atoms with E-state index in [4.69, 9.17) is 4.74 Å². The van der Waals surface area contributed by atoms with Gasteiger partial charge in [0.05, 0.1) is 25.5 Å². The highest BCUT2D eigenvalue weighted by atomic mass is 32.1. The monoisotopic (exact) mass is 515 g/mol. The molecule has 0 spiro atoms. The molecule has 1 N–H and O–H groups in total. The summed E-state index contributed by atoms with van der Waals surface area (Å²) in [7, 11) is 1.46. The third-order valence-corrected chi connectivity index (χ3v) is 8.94. The van der Waals surface area contributed by atoms with Crippen molar-refractivity contribution in [2.45, 2.75) is 32.2 Å². The molecule has 0 saturated carbocycles. The maximum absolute atomic E-state index is 13.7. The molecule has 37 heavy (non-hydrogen) atoms. The molecule has 4 aliphatic rings. The fourth-order valence-corrected chi connectivity index (χ4v) is 7.12. The summed E-state index contributed by atoms with van der Waals surface area (Å²) < 4.78 is 5.20. The number of likely N-dealkylation sites (tertiary alicyclic amines) is 1. The number of phenols is 1. The van der Waals surface area contributed by atoms with Crippen LogP contribution in [0.5, 0.6) is 11.5 Å². The number of carbonyl (C=O) groups is 4. The number of ketones is 2. The minimum Gasteiger partial charge on any atom is -0.504 e. The number of benzene rings is 1. The molecule has 7 nitrogen and oxygen atoms in total. The van der Waals surface area contributed by atoms with Gasteiger partial charge in [0.1, 0.15) is 0 Å². The molecule has 3 aliphatic carbocycles. The van der Waals surface area contributed by atoms with Gasteiger partial charge in [0.2, 0.25) is 11.8 Å². The maximum Gasteiger partial charge on any atom is 0.234 e. The summed E-state index contributed by atoms with van der Waals surface area (Å²) in [6, 6.07) is 8.75. The summed E-state index contributed by atoms with van der Waals surface area (Å²) in [4.78, 5) is 56.0. The predicted octanol–water partition coefficient (Wildman–Crippen LogP) is 4.09. The van der Waals surface area contributed by atoms with Gasteiger partial charge in [-0.3, -0.25) is 24.1 Å². The second-order valence-corrected chi connectivity index (χ2v) is 11.0. The summed E-state index contributed by atoms with van der Waals surface area (Å²) >= 11 is 1.50. The Labute approximate surface area is 217 Å². The van der Waals surface area contributed by atoms with Crippen LogP contribution in [0.1, 0.15) is 36.1 Å². The van der Waals surface area contributed by atoms with Crippen molar-refractivity contribution in [1.82, 2.24) is 4.90 Å². The topological polar surface area (TPSA) is 101 Å².